The van der Waals surface area contributed by atoms with Gasteiger partial charge in [0, 0.05) is 22.3 Å². The number of rotatable bonds is 4. The summed E-state index contributed by atoms with van der Waals surface area (Å²) >= 11 is 5.97. The molecule has 0 spiro atoms. The predicted molar refractivity (Wildman–Crippen MR) is 93.9 cm³/mol. The van der Waals surface area contributed by atoms with Crippen molar-refractivity contribution in [1.82, 2.24) is 10.1 Å². The summed E-state index contributed by atoms with van der Waals surface area (Å²) in [6.07, 6.45) is -2.38. The van der Waals surface area contributed by atoms with E-state index in [-0.39, 0.29) is 22.6 Å². The van der Waals surface area contributed by atoms with Crippen molar-refractivity contribution in [2.75, 3.05) is 0 Å². The first kappa shape index (κ1) is 19.6. The molecule has 3 aromatic rings. The van der Waals surface area contributed by atoms with Crippen LogP contribution in [0.15, 0.2) is 52.3 Å². The third kappa shape index (κ3) is 4.20. The third-order valence-corrected chi connectivity index (χ3v) is 3.97. The van der Waals surface area contributed by atoms with Gasteiger partial charge in [-0.25, -0.2) is 4.79 Å². The van der Waals surface area contributed by atoms with E-state index in [1.165, 1.54) is 13.1 Å². The molecule has 0 saturated heterocycles. The zero-order valence-electron chi connectivity index (χ0n) is 14.2. The Labute approximate surface area is 161 Å². The van der Waals surface area contributed by atoms with Crippen LogP contribution in [0, 0.1) is 6.92 Å². The number of nitrogens with zero attached hydrogens (tertiary/aromatic N) is 3. The number of alkyl halides is 3. The maximum Gasteiger partial charge on any atom is 0.433 e. The lowest BCUT2D eigenvalue weighted by molar-refractivity contribution is -0.141. The molecule has 0 N–H and O–H groups in total. The van der Waals surface area contributed by atoms with Gasteiger partial charge in [0.2, 0.25) is 0 Å². The van der Waals surface area contributed by atoms with E-state index in [0.717, 1.165) is 18.3 Å². The number of aromatic nitrogens is 2. The number of halogens is 4. The van der Waals surface area contributed by atoms with Crippen molar-refractivity contribution in [3.63, 3.8) is 0 Å². The number of carbonyl (C=O) groups excluding carboxylic acids is 1. The summed E-state index contributed by atoms with van der Waals surface area (Å²) in [7, 11) is 0. The molecular weight excluding hydrogens is 399 g/mol. The smallest absolute Gasteiger partial charge is 0.360 e. The standard InChI is InChI=1S/C18H11ClF3N3O3/c1-10-15(17(26)28-24-9-11-4-2-3-5-13(11)19)16(25-27-10)12-6-7-14(23-8-12)18(20,21)22/h2-9H,1H3. The lowest BCUT2D eigenvalue weighted by Gasteiger charge is -2.05. The molecule has 0 unspecified atom stereocenters. The van der Waals surface area contributed by atoms with Crippen molar-refractivity contribution in [2.24, 2.45) is 5.16 Å². The molecule has 0 amide bonds. The van der Waals surface area contributed by atoms with Crippen LogP contribution in [-0.2, 0) is 11.0 Å². The zero-order valence-corrected chi connectivity index (χ0v) is 15.0. The molecule has 0 saturated carbocycles. The average Bonchev–Trinajstić information content (AvgIpc) is 3.04. The highest BCUT2D eigenvalue weighted by atomic mass is 35.5. The minimum Gasteiger partial charge on any atom is -0.360 e. The molecule has 2 aromatic heterocycles. The lowest BCUT2D eigenvalue weighted by atomic mass is 10.1. The number of hydrogen-bond donors (Lipinski definition) is 0. The SMILES string of the molecule is Cc1onc(-c2ccc(C(F)(F)F)nc2)c1C(=O)ON=Cc1ccccc1Cl. The summed E-state index contributed by atoms with van der Waals surface area (Å²) in [5.74, 6) is -0.773. The zero-order chi connectivity index (χ0) is 20.3. The van der Waals surface area contributed by atoms with Crippen LogP contribution in [0.2, 0.25) is 5.02 Å². The third-order valence-electron chi connectivity index (χ3n) is 3.63. The van der Waals surface area contributed by atoms with Gasteiger partial charge in [-0.2, -0.15) is 13.2 Å². The summed E-state index contributed by atoms with van der Waals surface area (Å²) in [6.45, 7) is 1.46. The molecule has 0 aliphatic heterocycles. The molecule has 0 aliphatic rings. The Balaban J connectivity index is 1.82. The van der Waals surface area contributed by atoms with Gasteiger partial charge in [-0.3, -0.25) is 4.98 Å². The maximum absolute atomic E-state index is 12.6. The highest BCUT2D eigenvalue weighted by molar-refractivity contribution is 6.33. The molecule has 6 nitrogen and oxygen atoms in total. The maximum atomic E-state index is 12.6. The molecule has 0 bridgehead atoms. The van der Waals surface area contributed by atoms with Crippen molar-refractivity contribution >= 4 is 23.8 Å². The van der Waals surface area contributed by atoms with E-state index in [0.29, 0.717) is 10.6 Å². The Hall–Kier alpha value is -3.20. The van der Waals surface area contributed by atoms with Crippen molar-refractivity contribution < 1.29 is 27.3 Å². The monoisotopic (exact) mass is 409 g/mol. The minimum atomic E-state index is -4.58. The normalized spacial score (nSPS) is 11.8. The highest BCUT2D eigenvalue weighted by Crippen LogP contribution is 2.30. The van der Waals surface area contributed by atoms with Gasteiger partial charge in [0.05, 0.1) is 6.21 Å². The van der Waals surface area contributed by atoms with Crippen LogP contribution in [0.25, 0.3) is 11.3 Å². The van der Waals surface area contributed by atoms with Crippen LogP contribution in [0.3, 0.4) is 0 Å². The number of aryl methyl sites for hydroxylation is 1. The molecule has 2 heterocycles. The van der Waals surface area contributed by atoms with Gasteiger partial charge in [0.15, 0.2) is 0 Å². The van der Waals surface area contributed by atoms with Crippen molar-refractivity contribution in [1.29, 1.82) is 0 Å². The lowest BCUT2D eigenvalue weighted by Crippen LogP contribution is -2.08. The average molecular weight is 410 g/mol. The molecule has 28 heavy (non-hydrogen) atoms. The second-order valence-electron chi connectivity index (χ2n) is 5.53. The van der Waals surface area contributed by atoms with Gasteiger partial charge in [-0.15, -0.1) is 0 Å². The van der Waals surface area contributed by atoms with Gasteiger partial charge < -0.3 is 9.36 Å². The van der Waals surface area contributed by atoms with Gasteiger partial charge in [-0.05, 0) is 25.1 Å². The second kappa shape index (κ2) is 7.81. The van der Waals surface area contributed by atoms with Crippen molar-refractivity contribution in [3.8, 4) is 11.3 Å². The first-order valence-electron chi connectivity index (χ1n) is 7.76. The Kier molecular flexibility index (Phi) is 5.46. The molecule has 3 rings (SSSR count). The van der Waals surface area contributed by atoms with Gasteiger partial charge in [0.1, 0.15) is 22.7 Å². The summed E-state index contributed by atoms with van der Waals surface area (Å²) in [6, 6.07) is 8.70. The van der Waals surface area contributed by atoms with E-state index in [9.17, 15) is 18.0 Å². The molecule has 144 valence electrons. The van der Waals surface area contributed by atoms with Gasteiger partial charge in [-0.1, -0.05) is 40.1 Å². The molecule has 0 aliphatic carbocycles. The Morgan fingerprint density at radius 1 is 1.25 bits per heavy atom. The fraction of sp³-hybridized carbons (Fsp3) is 0.111. The Morgan fingerprint density at radius 3 is 2.64 bits per heavy atom. The molecular formula is C18H11ClF3N3O3. The van der Waals surface area contributed by atoms with Gasteiger partial charge >= 0.3 is 12.1 Å². The van der Waals surface area contributed by atoms with Crippen LogP contribution >= 0.6 is 11.6 Å². The van der Waals surface area contributed by atoms with Crippen molar-refractivity contribution in [3.05, 3.63) is 70.2 Å². The molecule has 0 fully saturated rings. The summed E-state index contributed by atoms with van der Waals surface area (Å²) in [5, 5.41) is 7.71. The van der Waals surface area contributed by atoms with E-state index < -0.39 is 17.8 Å². The number of carbonyl (C=O) groups is 1. The predicted octanol–water partition coefficient (Wildman–Crippen LogP) is 4.91. The fourth-order valence-corrected chi connectivity index (χ4v) is 2.45. The first-order valence-corrected chi connectivity index (χ1v) is 8.14. The number of pyridine rings is 1. The fourth-order valence-electron chi connectivity index (χ4n) is 2.27. The molecule has 0 atom stereocenters. The molecule has 10 heteroatoms. The van der Waals surface area contributed by atoms with E-state index in [2.05, 4.69) is 15.3 Å². The summed E-state index contributed by atoms with van der Waals surface area (Å²) < 4.78 is 42.9. The van der Waals surface area contributed by atoms with Crippen LogP contribution in [0.5, 0.6) is 0 Å². The van der Waals surface area contributed by atoms with E-state index in [1.807, 2.05) is 0 Å². The number of hydrogen-bond acceptors (Lipinski definition) is 6. The largest absolute Gasteiger partial charge is 0.433 e. The molecule has 1 aromatic carbocycles. The Bertz CT molecular complexity index is 1030. The number of benzene rings is 1. The quantitative estimate of drug-likeness (QED) is 0.347. The second-order valence-corrected chi connectivity index (χ2v) is 5.93. The van der Waals surface area contributed by atoms with Crippen LogP contribution in [0.1, 0.15) is 27.4 Å². The minimum absolute atomic E-state index is 0.00309. The number of oxime groups is 1. The first-order chi connectivity index (χ1) is 13.3. The van der Waals surface area contributed by atoms with Gasteiger partial charge in [0.25, 0.3) is 0 Å². The van der Waals surface area contributed by atoms with E-state index in [1.54, 1.807) is 24.3 Å². The van der Waals surface area contributed by atoms with Crippen LogP contribution in [0.4, 0.5) is 13.2 Å². The van der Waals surface area contributed by atoms with Crippen LogP contribution < -0.4 is 0 Å². The summed E-state index contributed by atoms with van der Waals surface area (Å²) in [5.41, 5.74) is -0.447. The van der Waals surface area contributed by atoms with Crippen molar-refractivity contribution in [2.45, 2.75) is 13.1 Å². The highest BCUT2D eigenvalue weighted by Gasteiger charge is 2.32. The van der Waals surface area contributed by atoms with E-state index >= 15 is 0 Å². The molecule has 0 radical (unpaired) electrons. The Morgan fingerprint density at radius 2 is 2.00 bits per heavy atom. The summed E-state index contributed by atoms with van der Waals surface area (Å²) in [4.78, 5) is 20.5. The topological polar surface area (TPSA) is 77.6 Å². The van der Waals surface area contributed by atoms with Crippen LogP contribution in [-0.4, -0.2) is 22.3 Å². The van der Waals surface area contributed by atoms with E-state index in [4.69, 9.17) is 21.0 Å².